The number of carbonyl (C=O) groups is 2. The molecule has 2 N–H and O–H groups in total. The highest BCUT2D eigenvalue weighted by atomic mass is 79.9. The van der Waals surface area contributed by atoms with Crippen molar-refractivity contribution in [3.05, 3.63) is 86.8 Å². The number of hydrogen-bond donors (Lipinski definition) is 2. The number of hydrazone groups is 1. The average Bonchev–Trinajstić information content (AvgIpc) is 2.79. The lowest BCUT2D eigenvalue weighted by Crippen LogP contribution is -2.20. The number of rotatable bonds is 8. The molecule has 0 aromatic heterocycles. The molecule has 0 heterocycles. The Morgan fingerprint density at radius 1 is 1.00 bits per heavy atom. The normalized spacial score (nSPS) is 10.6. The number of hydrogen-bond acceptors (Lipinski definition) is 5. The molecule has 32 heavy (non-hydrogen) atoms. The molecule has 3 aromatic rings. The van der Waals surface area contributed by atoms with E-state index < -0.39 is 0 Å². The fourth-order valence-electron chi connectivity index (χ4n) is 2.62. The van der Waals surface area contributed by atoms with Crippen molar-refractivity contribution in [2.24, 2.45) is 5.10 Å². The summed E-state index contributed by atoms with van der Waals surface area (Å²) in [5.41, 5.74) is 4.28. The molecule has 0 aliphatic carbocycles. The van der Waals surface area contributed by atoms with Gasteiger partial charge >= 0.3 is 0 Å². The first kappa shape index (κ1) is 23.5. The van der Waals surface area contributed by atoms with Gasteiger partial charge < -0.3 is 14.8 Å². The van der Waals surface area contributed by atoms with E-state index in [1.807, 2.05) is 6.07 Å². The van der Waals surface area contributed by atoms with Gasteiger partial charge in [0.25, 0.3) is 11.8 Å². The van der Waals surface area contributed by atoms with Crippen LogP contribution in [0.4, 0.5) is 5.69 Å². The minimum atomic E-state index is -0.317. The van der Waals surface area contributed by atoms with Crippen LogP contribution in [0.5, 0.6) is 11.5 Å². The number of carbonyl (C=O) groups excluding carboxylic acids is 2. The molecule has 0 aliphatic rings. The van der Waals surface area contributed by atoms with Crippen LogP contribution in [0, 0.1) is 0 Å². The van der Waals surface area contributed by atoms with Crippen LogP contribution < -0.4 is 20.2 Å². The Morgan fingerprint density at radius 2 is 1.75 bits per heavy atom. The van der Waals surface area contributed by atoms with Crippen LogP contribution in [0.3, 0.4) is 0 Å². The molecule has 164 valence electrons. The van der Waals surface area contributed by atoms with Gasteiger partial charge in [0.2, 0.25) is 0 Å². The zero-order chi connectivity index (χ0) is 22.9. The van der Waals surface area contributed by atoms with Crippen LogP contribution in [0.1, 0.15) is 15.9 Å². The summed E-state index contributed by atoms with van der Waals surface area (Å²) in [6.07, 6.45) is 1.51. The molecule has 0 unspecified atom stereocenters. The van der Waals surface area contributed by atoms with Crippen LogP contribution >= 0.6 is 31.9 Å². The van der Waals surface area contributed by atoms with Gasteiger partial charge in [0.1, 0.15) is 11.5 Å². The number of nitrogens with zero attached hydrogens (tertiary/aromatic N) is 1. The van der Waals surface area contributed by atoms with E-state index in [0.717, 1.165) is 10.0 Å². The Hall–Kier alpha value is -3.17. The zero-order valence-electron chi connectivity index (χ0n) is 17.0. The average molecular weight is 561 g/mol. The summed E-state index contributed by atoms with van der Waals surface area (Å²) in [4.78, 5) is 24.3. The maximum atomic E-state index is 12.2. The number of amides is 2. The topological polar surface area (TPSA) is 89.0 Å². The molecule has 7 nitrogen and oxygen atoms in total. The van der Waals surface area contributed by atoms with Crippen molar-refractivity contribution in [2.45, 2.75) is 0 Å². The molecule has 0 aliphatic heterocycles. The van der Waals surface area contributed by atoms with Crippen molar-refractivity contribution in [3.8, 4) is 11.5 Å². The lowest BCUT2D eigenvalue weighted by atomic mass is 10.2. The number of ether oxygens (including phenoxy) is 2. The summed E-state index contributed by atoms with van der Waals surface area (Å²) < 4.78 is 12.3. The predicted molar refractivity (Wildman–Crippen MR) is 130 cm³/mol. The molecule has 0 saturated heterocycles. The number of benzene rings is 3. The van der Waals surface area contributed by atoms with E-state index in [9.17, 15) is 9.59 Å². The standard InChI is InChI=1S/C23H19Br2N3O4/c1-31-21-5-3-2-4-19(21)27-22(29)14-32-20-11-6-15(12-18(20)25)13-26-28-23(30)16-7-9-17(24)10-8-16/h2-13H,14H2,1H3,(H,27,29)(H,28,30)/b26-13+. The van der Waals surface area contributed by atoms with E-state index in [-0.39, 0.29) is 18.4 Å². The van der Waals surface area contributed by atoms with E-state index in [2.05, 4.69) is 47.7 Å². The largest absolute Gasteiger partial charge is 0.495 e. The first-order chi connectivity index (χ1) is 15.5. The zero-order valence-corrected chi connectivity index (χ0v) is 20.1. The van der Waals surface area contributed by atoms with Crippen molar-refractivity contribution >= 4 is 55.6 Å². The molecule has 2 amide bonds. The molecular formula is C23H19Br2N3O4. The summed E-state index contributed by atoms with van der Waals surface area (Å²) in [5, 5.41) is 6.72. The summed E-state index contributed by atoms with van der Waals surface area (Å²) in [5.74, 6) is 0.436. The molecule has 3 rings (SSSR count). The second kappa shape index (κ2) is 11.4. The molecule has 3 aromatic carbocycles. The van der Waals surface area contributed by atoms with Crippen LogP contribution in [0.2, 0.25) is 0 Å². The highest BCUT2D eigenvalue weighted by Gasteiger charge is 2.09. The van der Waals surface area contributed by atoms with Gasteiger partial charge in [0.05, 0.1) is 23.5 Å². The molecular weight excluding hydrogens is 542 g/mol. The third-order valence-corrected chi connectivity index (χ3v) is 5.33. The maximum absolute atomic E-state index is 12.2. The highest BCUT2D eigenvalue weighted by molar-refractivity contribution is 9.10. The van der Waals surface area contributed by atoms with Crippen molar-refractivity contribution in [1.82, 2.24) is 5.43 Å². The van der Waals surface area contributed by atoms with Gasteiger partial charge in [-0.1, -0.05) is 28.1 Å². The Balaban J connectivity index is 1.53. The number of para-hydroxylation sites is 2. The molecule has 0 fully saturated rings. The lowest BCUT2D eigenvalue weighted by molar-refractivity contribution is -0.118. The van der Waals surface area contributed by atoms with Gasteiger partial charge in [-0.2, -0.15) is 5.10 Å². The first-order valence-corrected chi connectivity index (χ1v) is 11.0. The van der Waals surface area contributed by atoms with Crippen LogP contribution in [0.15, 0.2) is 80.8 Å². The van der Waals surface area contributed by atoms with Gasteiger partial charge in [0, 0.05) is 10.0 Å². The van der Waals surface area contributed by atoms with E-state index in [1.165, 1.54) is 13.3 Å². The van der Waals surface area contributed by atoms with E-state index in [1.54, 1.807) is 60.7 Å². The van der Waals surface area contributed by atoms with Crippen molar-refractivity contribution in [2.75, 3.05) is 19.0 Å². The van der Waals surface area contributed by atoms with Crippen molar-refractivity contribution in [1.29, 1.82) is 0 Å². The molecule has 9 heteroatoms. The van der Waals surface area contributed by atoms with Gasteiger partial charge in [-0.15, -0.1) is 0 Å². The fourth-order valence-corrected chi connectivity index (χ4v) is 3.40. The maximum Gasteiger partial charge on any atom is 0.271 e. The van der Waals surface area contributed by atoms with Gasteiger partial charge in [-0.3, -0.25) is 9.59 Å². The fraction of sp³-hybridized carbons (Fsp3) is 0.0870. The third-order valence-electron chi connectivity index (χ3n) is 4.18. The summed E-state index contributed by atoms with van der Waals surface area (Å²) in [6, 6.07) is 19.3. The van der Waals surface area contributed by atoms with Crippen LogP contribution in [-0.2, 0) is 4.79 Å². The number of halogens is 2. The predicted octanol–water partition coefficient (Wildman–Crippen LogP) is 5.00. The second-order valence-corrected chi connectivity index (χ2v) is 8.20. The number of methoxy groups -OCH3 is 1. The first-order valence-electron chi connectivity index (χ1n) is 9.40. The van der Waals surface area contributed by atoms with Gasteiger partial charge in [-0.25, -0.2) is 5.43 Å². The number of nitrogens with one attached hydrogen (secondary N) is 2. The quantitative estimate of drug-likeness (QED) is 0.300. The summed E-state index contributed by atoms with van der Waals surface area (Å²) in [7, 11) is 1.54. The third kappa shape index (κ3) is 6.66. The second-order valence-electron chi connectivity index (χ2n) is 6.43. The van der Waals surface area contributed by atoms with Crippen molar-refractivity contribution in [3.63, 3.8) is 0 Å². The van der Waals surface area contributed by atoms with Gasteiger partial charge in [-0.05, 0) is 76.1 Å². The van der Waals surface area contributed by atoms with E-state index in [4.69, 9.17) is 9.47 Å². The minimum absolute atomic E-state index is 0.173. The Bertz CT molecular complexity index is 1130. The monoisotopic (exact) mass is 559 g/mol. The van der Waals surface area contributed by atoms with E-state index >= 15 is 0 Å². The molecule has 0 atom stereocenters. The minimum Gasteiger partial charge on any atom is -0.495 e. The van der Waals surface area contributed by atoms with Gasteiger partial charge in [0.15, 0.2) is 6.61 Å². The lowest BCUT2D eigenvalue weighted by Gasteiger charge is -2.11. The molecule has 0 radical (unpaired) electrons. The van der Waals surface area contributed by atoms with Crippen molar-refractivity contribution < 1.29 is 19.1 Å². The smallest absolute Gasteiger partial charge is 0.271 e. The Kier molecular flexibility index (Phi) is 8.41. The van der Waals surface area contributed by atoms with Crippen LogP contribution in [0.25, 0.3) is 0 Å². The molecule has 0 bridgehead atoms. The highest BCUT2D eigenvalue weighted by Crippen LogP contribution is 2.26. The summed E-state index contributed by atoms with van der Waals surface area (Å²) in [6.45, 7) is -0.173. The number of anilines is 1. The Labute approximate surface area is 202 Å². The molecule has 0 spiro atoms. The molecule has 0 saturated carbocycles. The van der Waals surface area contributed by atoms with Crippen LogP contribution in [-0.4, -0.2) is 31.7 Å². The summed E-state index contributed by atoms with van der Waals surface area (Å²) >= 11 is 6.75. The van der Waals surface area contributed by atoms with E-state index in [0.29, 0.717) is 27.2 Å². The SMILES string of the molecule is COc1ccccc1NC(=O)COc1ccc(/C=N/NC(=O)c2ccc(Br)cc2)cc1Br. The Morgan fingerprint density at radius 3 is 2.47 bits per heavy atom.